The molecule has 1 aromatic heterocycles. The molecule has 5 nitrogen and oxygen atoms in total. The Labute approximate surface area is 186 Å². The van der Waals surface area contributed by atoms with Crippen molar-refractivity contribution < 1.29 is 4.79 Å². The second-order valence-corrected chi connectivity index (χ2v) is 9.77. The van der Waals surface area contributed by atoms with Crippen LogP contribution >= 0.6 is 11.8 Å². The molecular weight excluding hydrogens is 406 g/mol. The highest BCUT2D eigenvalue weighted by Gasteiger charge is 2.42. The molecule has 0 spiro atoms. The van der Waals surface area contributed by atoms with Gasteiger partial charge in [-0.15, -0.1) is 0 Å². The number of hydrogen-bond acceptors (Lipinski definition) is 4. The van der Waals surface area contributed by atoms with Gasteiger partial charge in [0.1, 0.15) is 0 Å². The molecule has 0 atom stereocenters. The molecule has 31 heavy (non-hydrogen) atoms. The van der Waals surface area contributed by atoms with Gasteiger partial charge in [0.25, 0.3) is 5.56 Å². The molecule has 1 N–H and O–H groups in total. The minimum Gasteiger partial charge on any atom is -0.352 e. The van der Waals surface area contributed by atoms with Crippen molar-refractivity contribution in [1.82, 2.24) is 14.9 Å². The summed E-state index contributed by atoms with van der Waals surface area (Å²) >= 11 is 1.34. The highest BCUT2D eigenvalue weighted by Crippen LogP contribution is 2.44. The summed E-state index contributed by atoms with van der Waals surface area (Å²) in [5.74, 6) is 1.61. The SMILES string of the molecule is Cc1cccc(-n2c(SCC(=O)NC(C3CC3)C3CC3)nc3ccccc3c2=O)c1C. The molecule has 2 aromatic carbocycles. The van der Waals surface area contributed by atoms with Crippen LogP contribution in [0.25, 0.3) is 16.6 Å². The molecule has 0 radical (unpaired) electrons. The molecule has 3 aromatic rings. The summed E-state index contributed by atoms with van der Waals surface area (Å²) in [6.07, 6.45) is 4.92. The number of rotatable bonds is 7. The van der Waals surface area contributed by atoms with Gasteiger partial charge in [-0.1, -0.05) is 36.0 Å². The number of aryl methyl sites for hydroxylation is 1. The molecule has 160 valence electrons. The zero-order valence-electron chi connectivity index (χ0n) is 17.9. The summed E-state index contributed by atoms with van der Waals surface area (Å²) in [6, 6.07) is 13.7. The van der Waals surface area contributed by atoms with Crippen molar-refractivity contribution in [2.75, 3.05) is 5.75 Å². The zero-order chi connectivity index (χ0) is 21.5. The number of carbonyl (C=O) groups is 1. The molecule has 2 saturated carbocycles. The van der Waals surface area contributed by atoms with E-state index in [2.05, 4.69) is 5.32 Å². The number of benzene rings is 2. The van der Waals surface area contributed by atoms with Gasteiger partial charge in [-0.05, 0) is 80.7 Å². The summed E-state index contributed by atoms with van der Waals surface area (Å²) < 4.78 is 1.67. The van der Waals surface area contributed by atoms with Crippen LogP contribution in [0.4, 0.5) is 0 Å². The van der Waals surface area contributed by atoms with E-state index in [4.69, 9.17) is 4.98 Å². The predicted octanol–water partition coefficient (Wildman–Crippen LogP) is 4.40. The van der Waals surface area contributed by atoms with Gasteiger partial charge in [0, 0.05) is 6.04 Å². The number of para-hydroxylation sites is 1. The van der Waals surface area contributed by atoms with Crippen LogP contribution in [-0.2, 0) is 4.79 Å². The molecule has 2 aliphatic carbocycles. The van der Waals surface area contributed by atoms with Crippen LogP contribution in [0.3, 0.4) is 0 Å². The third kappa shape index (κ3) is 4.13. The lowest BCUT2D eigenvalue weighted by atomic mass is 10.1. The van der Waals surface area contributed by atoms with Crippen LogP contribution in [0.1, 0.15) is 36.8 Å². The van der Waals surface area contributed by atoms with Gasteiger partial charge >= 0.3 is 0 Å². The smallest absolute Gasteiger partial charge is 0.266 e. The van der Waals surface area contributed by atoms with Crippen molar-refractivity contribution >= 4 is 28.6 Å². The fourth-order valence-corrected chi connectivity index (χ4v) is 5.11. The summed E-state index contributed by atoms with van der Waals surface area (Å²) in [5, 5.41) is 4.41. The summed E-state index contributed by atoms with van der Waals surface area (Å²) in [4.78, 5) is 31.0. The summed E-state index contributed by atoms with van der Waals surface area (Å²) in [5.41, 5.74) is 3.53. The van der Waals surface area contributed by atoms with E-state index in [9.17, 15) is 9.59 Å². The van der Waals surface area contributed by atoms with Crippen molar-refractivity contribution in [3.63, 3.8) is 0 Å². The highest BCUT2D eigenvalue weighted by molar-refractivity contribution is 7.99. The van der Waals surface area contributed by atoms with E-state index in [-0.39, 0.29) is 17.2 Å². The quantitative estimate of drug-likeness (QED) is 0.443. The van der Waals surface area contributed by atoms with Crippen molar-refractivity contribution in [2.45, 2.75) is 50.7 Å². The van der Waals surface area contributed by atoms with Gasteiger partial charge < -0.3 is 5.32 Å². The molecule has 0 bridgehead atoms. The number of fused-ring (bicyclic) bond motifs is 1. The lowest BCUT2D eigenvalue weighted by Crippen LogP contribution is -2.39. The largest absolute Gasteiger partial charge is 0.352 e. The van der Waals surface area contributed by atoms with Gasteiger partial charge in [0.15, 0.2) is 5.16 Å². The lowest BCUT2D eigenvalue weighted by molar-refractivity contribution is -0.119. The van der Waals surface area contributed by atoms with Crippen molar-refractivity contribution in [3.8, 4) is 5.69 Å². The van der Waals surface area contributed by atoms with Crippen LogP contribution in [0.2, 0.25) is 0 Å². The number of aromatic nitrogens is 2. The Morgan fingerprint density at radius 3 is 2.52 bits per heavy atom. The number of amides is 1. The highest BCUT2D eigenvalue weighted by atomic mass is 32.2. The van der Waals surface area contributed by atoms with Gasteiger partial charge in [-0.25, -0.2) is 4.98 Å². The first-order valence-corrected chi connectivity index (χ1v) is 12.0. The van der Waals surface area contributed by atoms with Crippen LogP contribution in [0, 0.1) is 25.7 Å². The molecule has 5 rings (SSSR count). The van der Waals surface area contributed by atoms with Gasteiger partial charge in [0.05, 0.1) is 22.3 Å². The first-order valence-electron chi connectivity index (χ1n) is 11.0. The summed E-state index contributed by atoms with van der Waals surface area (Å²) in [7, 11) is 0. The molecule has 0 aliphatic heterocycles. The van der Waals surface area contributed by atoms with Crippen LogP contribution in [0.15, 0.2) is 52.4 Å². The van der Waals surface area contributed by atoms with Gasteiger partial charge in [-0.2, -0.15) is 0 Å². The third-order valence-corrected chi connectivity index (χ3v) is 7.42. The molecule has 0 unspecified atom stereocenters. The lowest BCUT2D eigenvalue weighted by Gasteiger charge is -2.18. The van der Waals surface area contributed by atoms with E-state index in [0.717, 1.165) is 16.8 Å². The van der Waals surface area contributed by atoms with Gasteiger partial charge in [-0.3, -0.25) is 14.2 Å². The number of hydrogen-bond donors (Lipinski definition) is 1. The zero-order valence-corrected chi connectivity index (χ0v) is 18.7. The van der Waals surface area contributed by atoms with Crippen molar-refractivity contribution in [3.05, 3.63) is 63.9 Å². The monoisotopic (exact) mass is 433 g/mol. The fraction of sp³-hybridized carbons (Fsp3) is 0.400. The van der Waals surface area contributed by atoms with Crippen LogP contribution in [-0.4, -0.2) is 27.3 Å². The van der Waals surface area contributed by atoms with E-state index in [0.29, 0.717) is 33.9 Å². The van der Waals surface area contributed by atoms with Crippen molar-refractivity contribution in [2.24, 2.45) is 11.8 Å². The standard InChI is InChI=1S/C25H27N3O2S/c1-15-6-5-9-21(16(15)2)28-24(30)19-7-3-4-8-20(19)26-25(28)31-14-22(29)27-23(17-10-11-17)18-12-13-18/h3-9,17-18,23H,10-14H2,1-2H3,(H,27,29). The van der Waals surface area contributed by atoms with E-state index < -0.39 is 0 Å². The van der Waals surface area contributed by atoms with Gasteiger partial charge in [0.2, 0.25) is 5.91 Å². The normalized spacial score (nSPS) is 16.1. The molecule has 1 heterocycles. The molecule has 2 aliphatic rings. The van der Waals surface area contributed by atoms with E-state index in [1.807, 2.05) is 56.3 Å². The van der Waals surface area contributed by atoms with E-state index in [1.54, 1.807) is 4.57 Å². The number of nitrogens with zero attached hydrogens (tertiary/aromatic N) is 2. The average molecular weight is 434 g/mol. The van der Waals surface area contributed by atoms with Crippen LogP contribution < -0.4 is 10.9 Å². The Morgan fingerprint density at radius 2 is 1.81 bits per heavy atom. The predicted molar refractivity (Wildman–Crippen MR) is 125 cm³/mol. The second-order valence-electron chi connectivity index (χ2n) is 8.83. The third-order valence-electron chi connectivity index (χ3n) is 6.48. The second kappa shape index (κ2) is 8.15. The molecular formula is C25H27N3O2S. The maximum absolute atomic E-state index is 13.4. The Morgan fingerprint density at radius 1 is 1.10 bits per heavy atom. The molecule has 1 amide bonds. The first kappa shape index (κ1) is 20.3. The maximum Gasteiger partial charge on any atom is 0.266 e. The Balaban J connectivity index is 1.47. The minimum absolute atomic E-state index is 0.0312. The molecule has 2 fully saturated rings. The molecule has 0 saturated heterocycles. The van der Waals surface area contributed by atoms with E-state index >= 15 is 0 Å². The number of carbonyl (C=O) groups excluding carboxylic acids is 1. The summed E-state index contributed by atoms with van der Waals surface area (Å²) in [6.45, 7) is 4.05. The average Bonchev–Trinajstić information content (AvgIpc) is 3.67. The Bertz CT molecular complexity index is 1200. The number of thioether (sulfide) groups is 1. The molecule has 6 heteroatoms. The minimum atomic E-state index is -0.101. The first-order chi connectivity index (χ1) is 15.0. The van der Waals surface area contributed by atoms with Crippen LogP contribution in [0.5, 0.6) is 0 Å². The fourth-order valence-electron chi connectivity index (χ4n) is 4.29. The Kier molecular flexibility index (Phi) is 5.34. The maximum atomic E-state index is 13.4. The van der Waals surface area contributed by atoms with E-state index in [1.165, 1.54) is 37.4 Å². The number of nitrogens with one attached hydrogen (secondary N) is 1. The Hall–Kier alpha value is -2.60. The van der Waals surface area contributed by atoms with Crippen molar-refractivity contribution in [1.29, 1.82) is 0 Å². The topological polar surface area (TPSA) is 64.0 Å².